The van der Waals surface area contributed by atoms with Crippen molar-refractivity contribution in [3.8, 4) is 5.75 Å². The molecule has 3 nitrogen and oxygen atoms in total. The van der Waals surface area contributed by atoms with Gasteiger partial charge in [0.25, 0.3) is 0 Å². The molecule has 0 aliphatic carbocycles. The average Bonchev–Trinajstić information content (AvgIpc) is 2.25. The first kappa shape index (κ1) is 13.0. The summed E-state index contributed by atoms with van der Waals surface area (Å²) in [6, 6.07) is 8.19. The van der Waals surface area contributed by atoms with Crippen molar-refractivity contribution in [2.24, 2.45) is 0 Å². The summed E-state index contributed by atoms with van der Waals surface area (Å²) in [5.41, 5.74) is 1.09. The molecule has 0 saturated carbocycles. The second-order valence-electron chi connectivity index (χ2n) is 4.29. The third-order valence-corrected chi connectivity index (χ3v) is 2.29. The van der Waals surface area contributed by atoms with Crippen molar-refractivity contribution in [3.05, 3.63) is 29.8 Å². The van der Waals surface area contributed by atoms with Gasteiger partial charge in [0.1, 0.15) is 18.5 Å². The first-order valence-corrected chi connectivity index (χ1v) is 5.69. The zero-order valence-corrected chi connectivity index (χ0v) is 10.2. The highest BCUT2D eigenvalue weighted by Crippen LogP contribution is 2.16. The quantitative estimate of drug-likeness (QED) is 0.771. The summed E-state index contributed by atoms with van der Waals surface area (Å²) < 4.78 is 5.54. The monoisotopic (exact) mass is 223 g/mol. The minimum Gasteiger partial charge on any atom is -0.491 e. The third kappa shape index (κ3) is 4.64. The Kier molecular flexibility index (Phi) is 5.29. The summed E-state index contributed by atoms with van der Waals surface area (Å²) in [4.78, 5) is 0. The molecule has 16 heavy (non-hydrogen) atoms. The van der Waals surface area contributed by atoms with Gasteiger partial charge in [-0.05, 0) is 18.6 Å². The Balaban J connectivity index is 2.31. The van der Waals surface area contributed by atoms with Crippen LogP contribution in [0.5, 0.6) is 5.75 Å². The predicted molar refractivity (Wildman–Crippen MR) is 65.8 cm³/mol. The number of nitrogens with one attached hydrogen (secondary N) is 1. The van der Waals surface area contributed by atoms with Crippen LogP contribution in [-0.4, -0.2) is 30.4 Å². The molecule has 0 bridgehead atoms. The van der Waals surface area contributed by atoms with Gasteiger partial charge in [0, 0.05) is 12.6 Å². The third-order valence-electron chi connectivity index (χ3n) is 2.29. The Morgan fingerprint density at radius 1 is 1.31 bits per heavy atom. The molecule has 0 fully saturated rings. The molecule has 0 saturated heterocycles. The fourth-order valence-electron chi connectivity index (χ4n) is 1.34. The van der Waals surface area contributed by atoms with Gasteiger partial charge in [-0.3, -0.25) is 0 Å². The molecule has 0 radical (unpaired) electrons. The maximum absolute atomic E-state index is 9.66. The van der Waals surface area contributed by atoms with Gasteiger partial charge >= 0.3 is 0 Å². The number of para-hydroxylation sites is 1. The lowest BCUT2D eigenvalue weighted by Gasteiger charge is -2.15. The number of aliphatic hydroxyl groups excluding tert-OH is 1. The van der Waals surface area contributed by atoms with Crippen LogP contribution in [0.4, 0.5) is 0 Å². The van der Waals surface area contributed by atoms with E-state index in [1.165, 1.54) is 0 Å². The van der Waals surface area contributed by atoms with Crippen LogP contribution in [0.2, 0.25) is 0 Å². The number of aliphatic hydroxyl groups is 1. The molecule has 0 heterocycles. The number of benzene rings is 1. The number of hydrogen-bond donors (Lipinski definition) is 2. The molecular formula is C13H21NO2. The minimum atomic E-state index is -0.470. The molecule has 0 unspecified atom stereocenters. The molecule has 1 aromatic rings. The summed E-state index contributed by atoms with van der Waals surface area (Å²) in [6.07, 6.45) is -0.470. The molecule has 0 aliphatic heterocycles. The molecule has 1 rings (SSSR count). The first-order chi connectivity index (χ1) is 7.59. The summed E-state index contributed by atoms with van der Waals surface area (Å²) in [5.74, 6) is 0.839. The van der Waals surface area contributed by atoms with Gasteiger partial charge in [-0.25, -0.2) is 0 Å². The van der Waals surface area contributed by atoms with Crippen molar-refractivity contribution < 1.29 is 9.84 Å². The Hall–Kier alpha value is -1.06. The lowest BCUT2D eigenvalue weighted by atomic mass is 10.2. The fourth-order valence-corrected chi connectivity index (χ4v) is 1.34. The second kappa shape index (κ2) is 6.51. The van der Waals surface area contributed by atoms with Crippen LogP contribution in [0, 0.1) is 6.92 Å². The van der Waals surface area contributed by atoms with Crippen molar-refractivity contribution in [1.82, 2.24) is 5.32 Å². The van der Waals surface area contributed by atoms with E-state index in [0.29, 0.717) is 19.2 Å². The predicted octanol–water partition coefficient (Wildman–Crippen LogP) is 1.73. The van der Waals surface area contributed by atoms with Crippen molar-refractivity contribution in [2.75, 3.05) is 13.2 Å². The van der Waals surface area contributed by atoms with Gasteiger partial charge in [-0.2, -0.15) is 0 Å². The van der Waals surface area contributed by atoms with E-state index >= 15 is 0 Å². The van der Waals surface area contributed by atoms with Gasteiger partial charge < -0.3 is 15.2 Å². The van der Waals surface area contributed by atoms with Crippen molar-refractivity contribution in [1.29, 1.82) is 0 Å². The van der Waals surface area contributed by atoms with E-state index in [1.54, 1.807) is 0 Å². The SMILES string of the molecule is Cc1ccccc1OC[C@@H](O)CNC(C)C. The van der Waals surface area contributed by atoms with E-state index in [4.69, 9.17) is 4.74 Å². The maximum Gasteiger partial charge on any atom is 0.122 e. The van der Waals surface area contributed by atoms with Crippen molar-refractivity contribution in [3.63, 3.8) is 0 Å². The molecule has 90 valence electrons. The van der Waals surface area contributed by atoms with E-state index in [0.717, 1.165) is 11.3 Å². The van der Waals surface area contributed by atoms with Crippen LogP contribution < -0.4 is 10.1 Å². The molecule has 3 heteroatoms. The molecular weight excluding hydrogens is 202 g/mol. The van der Waals surface area contributed by atoms with Gasteiger partial charge in [-0.15, -0.1) is 0 Å². The number of hydrogen-bond acceptors (Lipinski definition) is 3. The smallest absolute Gasteiger partial charge is 0.122 e. The lowest BCUT2D eigenvalue weighted by molar-refractivity contribution is 0.104. The zero-order chi connectivity index (χ0) is 12.0. The fraction of sp³-hybridized carbons (Fsp3) is 0.538. The number of rotatable bonds is 6. The largest absolute Gasteiger partial charge is 0.491 e. The molecule has 0 aromatic heterocycles. The Morgan fingerprint density at radius 2 is 2.00 bits per heavy atom. The Labute approximate surface area is 97.4 Å². The van der Waals surface area contributed by atoms with E-state index in [9.17, 15) is 5.11 Å². The van der Waals surface area contributed by atoms with Crippen LogP contribution >= 0.6 is 0 Å². The molecule has 0 aliphatic rings. The van der Waals surface area contributed by atoms with Gasteiger partial charge in [0.2, 0.25) is 0 Å². The molecule has 1 aromatic carbocycles. The van der Waals surface area contributed by atoms with Crippen LogP contribution in [0.15, 0.2) is 24.3 Å². The van der Waals surface area contributed by atoms with E-state index in [1.807, 2.05) is 31.2 Å². The van der Waals surface area contributed by atoms with Crippen LogP contribution in [0.25, 0.3) is 0 Å². The molecule has 0 amide bonds. The van der Waals surface area contributed by atoms with E-state index < -0.39 is 6.10 Å². The lowest BCUT2D eigenvalue weighted by Crippen LogP contribution is -2.35. The summed E-state index contributed by atoms with van der Waals surface area (Å²) in [6.45, 7) is 6.98. The molecule has 2 N–H and O–H groups in total. The van der Waals surface area contributed by atoms with Gasteiger partial charge in [0.05, 0.1) is 0 Å². The first-order valence-electron chi connectivity index (χ1n) is 5.69. The highest BCUT2D eigenvalue weighted by atomic mass is 16.5. The van der Waals surface area contributed by atoms with Crippen LogP contribution in [0.3, 0.4) is 0 Å². The van der Waals surface area contributed by atoms with Crippen molar-refractivity contribution in [2.45, 2.75) is 32.9 Å². The number of ether oxygens (including phenoxy) is 1. The summed E-state index contributed by atoms with van der Waals surface area (Å²) >= 11 is 0. The molecule has 0 spiro atoms. The van der Waals surface area contributed by atoms with Gasteiger partial charge in [0.15, 0.2) is 0 Å². The summed E-state index contributed by atoms with van der Waals surface area (Å²) in [7, 11) is 0. The summed E-state index contributed by atoms with van der Waals surface area (Å²) in [5, 5.41) is 12.8. The normalized spacial score (nSPS) is 12.8. The topological polar surface area (TPSA) is 41.5 Å². The van der Waals surface area contributed by atoms with E-state index in [-0.39, 0.29) is 0 Å². The van der Waals surface area contributed by atoms with Gasteiger partial charge in [-0.1, -0.05) is 32.0 Å². The second-order valence-corrected chi connectivity index (χ2v) is 4.29. The number of aryl methyl sites for hydroxylation is 1. The standard InChI is InChI=1S/C13H21NO2/c1-10(2)14-8-12(15)9-16-13-7-5-4-6-11(13)3/h4-7,10,12,14-15H,8-9H2,1-3H3/t12-/m0/s1. The maximum atomic E-state index is 9.66. The minimum absolute atomic E-state index is 0.324. The zero-order valence-electron chi connectivity index (χ0n) is 10.2. The highest BCUT2D eigenvalue weighted by molar-refractivity contribution is 5.31. The Bertz CT molecular complexity index is 313. The average molecular weight is 223 g/mol. The van der Waals surface area contributed by atoms with E-state index in [2.05, 4.69) is 19.2 Å². The van der Waals surface area contributed by atoms with Crippen molar-refractivity contribution >= 4 is 0 Å². The molecule has 1 atom stereocenters. The van der Waals surface area contributed by atoms with Crippen LogP contribution in [-0.2, 0) is 0 Å². The Morgan fingerprint density at radius 3 is 2.62 bits per heavy atom. The highest BCUT2D eigenvalue weighted by Gasteiger charge is 2.06. The van der Waals surface area contributed by atoms with Crippen LogP contribution in [0.1, 0.15) is 19.4 Å².